The Labute approximate surface area is 159 Å². The molecule has 6 saturated carbocycles. The SMILES string of the molecule is COC12CCC3C4CCC5CC(=O)CCC(C)(C4CCC31C)C5(C)C2C. The first-order valence-corrected chi connectivity index (χ1v) is 11.3. The van der Waals surface area contributed by atoms with E-state index in [1.165, 1.54) is 38.5 Å². The molecular formula is C24H38O2. The van der Waals surface area contributed by atoms with Crippen molar-refractivity contribution < 1.29 is 9.53 Å². The third-order valence-corrected chi connectivity index (χ3v) is 11.7. The highest BCUT2D eigenvalue weighted by Crippen LogP contribution is 2.77. The zero-order valence-corrected chi connectivity index (χ0v) is 17.6. The van der Waals surface area contributed by atoms with E-state index < -0.39 is 0 Å². The van der Waals surface area contributed by atoms with Crippen molar-refractivity contribution in [2.45, 2.75) is 91.1 Å². The number of carbonyl (C=O) groups excluding carboxylic acids is 1. The Balaban J connectivity index is 1.81. The van der Waals surface area contributed by atoms with Crippen molar-refractivity contribution in [3.63, 3.8) is 0 Å². The van der Waals surface area contributed by atoms with Gasteiger partial charge >= 0.3 is 0 Å². The van der Waals surface area contributed by atoms with Gasteiger partial charge in [-0.05, 0) is 90.8 Å². The molecule has 0 aromatic heterocycles. The van der Waals surface area contributed by atoms with Gasteiger partial charge in [-0.1, -0.05) is 27.7 Å². The van der Waals surface area contributed by atoms with Gasteiger partial charge in [-0.3, -0.25) is 4.79 Å². The quantitative estimate of drug-likeness (QED) is 0.606. The van der Waals surface area contributed by atoms with Crippen LogP contribution in [0.3, 0.4) is 0 Å². The van der Waals surface area contributed by atoms with Gasteiger partial charge in [-0.2, -0.15) is 0 Å². The van der Waals surface area contributed by atoms with Gasteiger partial charge in [0.1, 0.15) is 5.78 Å². The summed E-state index contributed by atoms with van der Waals surface area (Å²) in [6, 6.07) is 0. The van der Waals surface area contributed by atoms with Crippen LogP contribution in [0.2, 0.25) is 0 Å². The predicted molar refractivity (Wildman–Crippen MR) is 104 cm³/mol. The predicted octanol–water partition coefficient (Wildman–Crippen LogP) is 5.64. The molecule has 9 atom stereocenters. The van der Waals surface area contributed by atoms with Crippen molar-refractivity contribution in [1.82, 2.24) is 0 Å². The number of methoxy groups -OCH3 is 1. The van der Waals surface area contributed by atoms with Gasteiger partial charge in [0.05, 0.1) is 5.60 Å². The van der Waals surface area contributed by atoms with E-state index in [0.717, 1.165) is 37.0 Å². The van der Waals surface area contributed by atoms with E-state index in [9.17, 15) is 4.79 Å². The summed E-state index contributed by atoms with van der Waals surface area (Å²) >= 11 is 0. The monoisotopic (exact) mass is 358 g/mol. The van der Waals surface area contributed by atoms with Crippen LogP contribution in [-0.4, -0.2) is 18.5 Å². The van der Waals surface area contributed by atoms with Crippen LogP contribution in [0.15, 0.2) is 0 Å². The number of ether oxygens (including phenoxy) is 1. The molecule has 0 heterocycles. The van der Waals surface area contributed by atoms with E-state index in [4.69, 9.17) is 4.74 Å². The summed E-state index contributed by atoms with van der Waals surface area (Å²) in [4.78, 5) is 12.7. The van der Waals surface area contributed by atoms with E-state index in [2.05, 4.69) is 27.7 Å². The van der Waals surface area contributed by atoms with Gasteiger partial charge in [0.2, 0.25) is 0 Å². The minimum atomic E-state index is 0.00724. The van der Waals surface area contributed by atoms with Crippen LogP contribution in [0.4, 0.5) is 0 Å². The molecule has 6 aliphatic rings. The second-order valence-electron chi connectivity index (χ2n) is 11.4. The first-order chi connectivity index (χ1) is 12.2. The molecule has 6 fully saturated rings. The lowest BCUT2D eigenvalue weighted by molar-refractivity contribution is -0.247. The Morgan fingerprint density at radius 3 is 2.35 bits per heavy atom. The minimum Gasteiger partial charge on any atom is -0.377 e. The number of carbonyl (C=O) groups is 1. The van der Waals surface area contributed by atoms with Crippen LogP contribution in [0, 0.1) is 45.8 Å². The molecule has 0 amide bonds. The maximum atomic E-state index is 12.7. The van der Waals surface area contributed by atoms with Crippen molar-refractivity contribution in [2.75, 3.05) is 7.11 Å². The molecule has 2 heteroatoms. The zero-order valence-electron chi connectivity index (χ0n) is 17.6. The molecule has 0 aromatic rings. The molecule has 6 rings (SSSR count). The van der Waals surface area contributed by atoms with Gasteiger partial charge in [0.25, 0.3) is 0 Å². The number of fused-ring (bicyclic) bond motifs is 1. The first-order valence-electron chi connectivity index (χ1n) is 11.3. The summed E-state index contributed by atoms with van der Waals surface area (Å²) < 4.78 is 6.61. The molecule has 6 aliphatic carbocycles. The lowest BCUT2D eigenvalue weighted by atomic mass is 9.38. The fraction of sp³-hybridized carbons (Fsp3) is 0.958. The summed E-state index contributed by atoms with van der Waals surface area (Å²) in [7, 11) is 2.00. The van der Waals surface area contributed by atoms with Crippen molar-refractivity contribution in [3.8, 4) is 0 Å². The third-order valence-electron chi connectivity index (χ3n) is 11.7. The van der Waals surface area contributed by atoms with Gasteiger partial charge in [-0.25, -0.2) is 0 Å². The van der Waals surface area contributed by atoms with E-state index in [-0.39, 0.29) is 11.0 Å². The Bertz CT molecular complexity index is 642. The number of hydrogen-bond donors (Lipinski definition) is 0. The fourth-order valence-corrected chi connectivity index (χ4v) is 10.2. The Morgan fingerprint density at radius 2 is 1.62 bits per heavy atom. The zero-order chi connectivity index (χ0) is 18.5. The summed E-state index contributed by atoms with van der Waals surface area (Å²) in [5.41, 5.74) is 0.843. The van der Waals surface area contributed by atoms with E-state index in [0.29, 0.717) is 28.4 Å². The molecule has 2 nitrogen and oxygen atoms in total. The van der Waals surface area contributed by atoms with Crippen LogP contribution in [0.5, 0.6) is 0 Å². The molecule has 8 bridgehead atoms. The second-order valence-corrected chi connectivity index (χ2v) is 11.4. The lowest BCUT2D eigenvalue weighted by Gasteiger charge is -2.68. The highest BCUT2D eigenvalue weighted by molar-refractivity contribution is 5.79. The normalized spacial score (nSPS) is 61.1. The maximum absolute atomic E-state index is 12.7. The van der Waals surface area contributed by atoms with Gasteiger partial charge in [0, 0.05) is 20.0 Å². The van der Waals surface area contributed by atoms with Gasteiger partial charge in [0.15, 0.2) is 0 Å². The van der Waals surface area contributed by atoms with E-state index in [1.807, 2.05) is 7.11 Å². The van der Waals surface area contributed by atoms with Crippen molar-refractivity contribution in [2.24, 2.45) is 45.8 Å². The van der Waals surface area contributed by atoms with Crippen LogP contribution in [0.1, 0.15) is 85.5 Å². The summed E-state index contributed by atoms with van der Waals surface area (Å²) in [5.74, 6) is 4.13. The topological polar surface area (TPSA) is 26.3 Å². The number of Topliss-reactive ketones (excluding diaryl/α,β-unsaturated/α-hetero) is 1. The van der Waals surface area contributed by atoms with Crippen molar-refractivity contribution in [3.05, 3.63) is 0 Å². The molecule has 9 unspecified atom stereocenters. The summed E-state index contributed by atoms with van der Waals surface area (Å²) in [5, 5.41) is 0. The molecule has 0 radical (unpaired) electrons. The van der Waals surface area contributed by atoms with Crippen molar-refractivity contribution >= 4 is 5.78 Å². The molecule has 0 aliphatic heterocycles. The minimum absolute atomic E-state index is 0.00724. The first kappa shape index (κ1) is 17.7. The molecule has 0 N–H and O–H groups in total. The lowest BCUT2D eigenvalue weighted by Crippen LogP contribution is -2.66. The highest BCUT2D eigenvalue weighted by Gasteiger charge is 2.74. The highest BCUT2D eigenvalue weighted by atomic mass is 16.5. The van der Waals surface area contributed by atoms with Gasteiger partial charge in [-0.15, -0.1) is 0 Å². The smallest absolute Gasteiger partial charge is 0.133 e. The van der Waals surface area contributed by atoms with Crippen LogP contribution in [-0.2, 0) is 9.53 Å². The standard InChI is InChI=1S/C24H38O2/c1-15-23(4)16-6-7-18-19(21(23,2)11-8-17(25)14-16)9-12-22(3)20(18)10-13-24(15,22)26-5/h15-16,18-20H,6-14H2,1-5H3. The largest absolute Gasteiger partial charge is 0.377 e. The summed E-state index contributed by atoms with van der Waals surface area (Å²) in [6.07, 6.45) is 10.7. The third kappa shape index (κ3) is 1.65. The average molecular weight is 359 g/mol. The molecule has 146 valence electrons. The second kappa shape index (κ2) is 5.16. The average Bonchev–Trinajstić information content (AvgIpc) is 2.85. The molecule has 26 heavy (non-hydrogen) atoms. The number of rotatable bonds is 1. The fourth-order valence-electron chi connectivity index (χ4n) is 10.2. The van der Waals surface area contributed by atoms with Crippen LogP contribution >= 0.6 is 0 Å². The molecule has 0 aromatic carbocycles. The number of ketones is 1. The molecule has 0 saturated heterocycles. The van der Waals surface area contributed by atoms with Crippen molar-refractivity contribution in [1.29, 1.82) is 0 Å². The Kier molecular flexibility index (Phi) is 3.51. The Hall–Kier alpha value is -0.370. The van der Waals surface area contributed by atoms with E-state index >= 15 is 0 Å². The van der Waals surface area contributed by atoms with Crippen LogP contribution < -0.4 is 0 Å². The maximum Gasteiger partial charge on any atom is 0.133 e. The van der Waals surface area contributed by atoms with E-state index in [1.54, 1.807) is 0 Å². The Morgan fingerprint density at radius 1 is 0.923 bits per heavy atom. The van der Waals surface area contributed by atoms with Gasteiger partial charge < -0.3 is 4.74 Å². The molecule has 0 spiro atoms. The van der Waals surface area contributed by atoms with Crippen LogP contribution in [0.25, 0.3) is 0 Å². The molecular weight excluding hydrogens is 320 g/mol. The summed E-state index contributed by atoms with van der Waals surface area (Å²) in [6.45, 7) is 10.3. The number of hydrogen-bond acceptors (Lipinski definition) is 2.